The molecule has 1 aliphatic rings. The van der Waals surface area contributed by atoms with Gasteiger partial charge in [-0.3, -0.25) is 0 Å². The molecule has 1 aromatic rings. The first kappa shape index (κ1) is 14.3. The third kappa shape index (κ3) is 3.70. The third-order valence-corrected chi connectivity index (χ3v) is 4.71. The number of sulfone groups is 1. The Bertz CT molecular complexity index is 528. The van der Waals surface area contributed by atoms with E-state index in [1.165, 1.54) is 17.5 Å². The largest absolute Gasteiger partial charge is 0.367 e. The number of aryl methyl sites for hydroxylation is 1. The van der Waals surface area contributed by atoms with E-state index in [0.717, 1.165) is 19.4 Å². The molecule has 0 bridgehead atoms. The van der Waals surface area contributed by atoms with Crippen molar-refractivity contribution in [3.05, 3.63) is 29.8 Å². The minimum absolute atomic E-state index is 0.239. The Morgan fingerprint density at radius 2 is 2.11 bits per heavy atom. The van der Waals surface area contributed by atoms with Gasteiger partial charge in [-0.15, -0.1) is 0 Å². The molecule has 1 aromatic carbocycles. The van der Waals surface area contributed by atoms with Gasteiger partial charge in [0, 0.05) is 31.1 Å². The van der Waals surface area contributed by atoms with Gasteiger partial charge < -0.3 is 10.6 Å². The fraction of sp³-hybridized carbons (Fsp3) is 0.571. The highest BCUT2D eigenvalue weighted by molar-refractivity contribution is 7.90. The standard InChI is InChI=1S/C14H22N2O2S/c1-19(17,18)10-4-9-16-13(11-15)8-7-12-5-2-3-6-14(12)16/h2-3,5-6,13H,4,7-11,15H2,1H3. The van der Waals surface area contributed by atoms with Gasteiger partial charge >= 0.3 is 0 Å². The predicted molar refractivity (Wildman–Crippen MR) is 79.3 cm³/mol. The highest BCUT2D eigenvalue weighted by Gasteiger charge is 2.24. The maximum absolute atomic E-state index is 11.2. The summed E-state index contributed by atoms with van der Waals surface area (Å²) in [5.41, 5.74) is 8.41. The second kappa shape index (κ2) is 5.92. The van der Waals surface area contributed by atoms with Crippen molar-refractivity contribution < 1.29 is 8.42 Å². The molecule has 0 spiro atoms. The van der Waals surface area contributed by atoms with Crippen LogP contribution in [0.4, 0.5) is 5.69 Å². The minimum Gasteiger partial charge on any atom is -0.367 e. The summed E-state index contributed by atoms with van der Waals surface area (Å²) in [6.07, 6.45) is 4.05. The Morgan fingerprint density at radius 1 is 1.37 bits per heavy atom. The highest BCUT2D eigenvalue weighted by Crippen LogP contribution is 2.30. The zero-order chi connectivity index (χ0) is 13.9. The average molecular weight is 282 g/mol. The van der Waals surface area contributed by atoms with Gasteiger partial charge in [0.1, 0.15) is 9.84 Å². The van der Waals surface area contributed by atoms with Crippen molar-refractivity contribution in [3.8, 4) is 0 Å². The first-order chi connectivity index (χ1) is 9.01. The molecule has 0 saturated heterocycles. The second-order valence-electron chi connectivity index (χ2n) is 5.23. The molecule has 0 saturated carbocycles. The average Bonchev–Trinajstić information content (AvgIpc) is 2.37. The number of hydrogen-bond donors (Lipinski definition) is 1. The molecule has 4 nitrogen and oxygen atoms in total. The van der Waals surface area contributed by atoms with Crippen LogP contribution in [0.25, 0.3) is 0 Å². The lowest BCUT2D eigenvalue weighted by Crippen LogP contribution is -2.44. The summed E-state index contributed by atoms with van der Waals surface area (Å²) in [5.74, 6) is 0.239. The van der Waals surface area contributed by atoms with Crippen LogP contribution in [0.3, 0.4) is 0 Å². The first-order valence-electron chi connectivity index (χ1n) is 6.73. The first-order valence-corrected chi connectivity index (χ1v) is 8.79. The van der Waals surface area contributed by atoms with E-state index in [9.17, 15) is 8.42 Å². The number of nitrogens with zero attached hydrogens (tertiary/aromatic N) is 1. The maximum atomic E-state index is 11.2. The monoisotopic (exact) mass is 282 g/mol. The van der Waals surface area contributed by atoms with E-state index in [1.807, 2.05) is 6.07 Å². The summed E-state index contributed by atoms with van der Waals surface area (Å²) in [5, 5.41) is 0. The molecular weight excluding hydrogens is 260 g/mol. The number of rotatable bonds is 5. The number of para-hydroxylation sites is 1. The summed E-state index contributed by atoms with van der Waals surface area (Å²) < 4.78 is 22.5. The second-order valence-corrected chi connectivity index (χ2v) is 7.49. The summed E-state index contributed by atoms with van der Waals surface area (Å²) in [6.45, 7) is 1.37. The van der Waals surface area contributed by atoms with E-state index in [4.69, 9.17) is 5.73 Å². The van der Waals surface area contributed by atoms with Gasteiger partial charge in [-0.25, -0.2) is 8.42 Å². The summed E-state index contributed by atoms with van der Waals surface area (Å²) in [6, 6.07) is 8.66. The van der Waals surface area contributed by atoms with Crippen LogP contribution in [0.2, 0.25) is 0 Å². The van der Waals surface area contributed by atoms with Gasteiger partial charge in [0.05, 0.1) is 5.75 Å². The molecule has 0 radical (unpaired) electrons. The lowest BCUT2D eigenvalue weighted by Gasteiger charge is -2.38. The molecule has 19 heavy (non-hydrogen) atoms. The Hall–Kier alpha value is -1.07. The van der Waals surface area contributed by atoms with Crippen molar-refractivity contribution in [3.63, 3.8) is 0 Å². The van der Waals surface area contributed by atoms with Crippen molar-refractivity contribution in [2.24, 2.45) is 5.73 Å². The highest BCUT2D eigenvalue weighted by atomic mass is 32.2. The van der Waals surface area contributed by atoms with Gasteiger partial charge in [-0.2, -0.15) is 0 Å². The molecule has 1 atom stereocenters. The van der Waals surface area contributed by atoms with Crippen molar-refractivity contribution >= 4 is 15.5 Å². The number of hydrogen-bond acceptors (Lipinski definition) is 4. The molecule has 0 amide bonds. The van der Waals surface area contributed by atoms with E-state index in [0.29, 0.717) is 19.0 Å². The van der Waals surface area contributed by atoms with Crippen LogP contribution in [0, 0.1) is 0 Å². The molecule has 1 unspecified atom stereocenters. The normalized spacial score (nSPS) is 19.3. The van der Waals surface area contributed by atoms with Gasteiger partial charge in [0.25, 0.3) is 0 Å². The molecule has 0 fully saturated rings. The maximum Gasteiger partial charge on any atom is 0.147 e. The zero-order valence-corrected chi connectivity index (χ0v) is 12.2. The van der Waals surface area contributed by atoms with E-state index in [-0.39, 0.29) is 5.75 Å². The Labute approximate surface area is 115 Å². The van der Waals surface area contributed by atoms with Crippen LogP contribution in [0.15, 0.2) is 24.3 Å². The van der Waals surface area contributed by atoms with E-state index in [2.05, 4.69) is 23.1 Å². The van der Waals surface area contributed by atoms with Gasteiger partial charge in [-0.05, 0) is 30.9 Å². The molecule has 2 N–H and O–H groups in total. The van der Waals surface area contributed by atoms with Crippen LogP contribution in [-0.2, 0) is 16.3 Å². The fourth-order valence-electron chi connectivity index (χ4n) is 2.72. The smallest absolute Gasteiger partial charge is 0.147 e. The zero-order valence-electron chi connectivity index (χ0n) is 11.4. The molecule has 1 heterocycles. The van der Waals surface area contributed by atoms with E-state index >= 15 is 0 Å². The van der Waals surface area contributed by atoms with Crippen LogP contribution < -0.4 is 10.6 Å². The predicted octanol–water partition coefficient (Wildman–Crippen LogP) is 1.20. The van der Waals surface area contributed by atoms with E-state index in [1.54, 1.807) is 0 Å². The number of anilines is 1. The topological polar surface area (TPSA) is 63.4 Å². The molecule has 5 heteroatoms. The van der Waals surface area contributed by atoms with Gasteiger partial charge in [0.15, 0.2) is 0 Å². The number of fused-ring (bicyclic) bond motifs is 1. The number of benzene rings is 1. The van der Waals surface area contributed by atoms with Crippen LogP contribution in [0.1, 0.15) is 18.4 Å². The molecular formula is C14H22N2O2S. The van der Waals surface area contributed by atoms with Crippen molar-refractivity contribution in [2.75, 3.05) is 30.0 Å². The van der Waals surface area contributed by atoms with Crippen molar-refractivity contribution in [1.29, 1.82) is 0 Å². The summed E-state index contributed by atoms with van der Waals surface area (Å²) in [4.78, 5) is 2.28. The van der Waals surface area contributed by atoms with E-state index < -0.39 is 9.84 Å². The lowest BCUT2D eigenvalue weighted by molar-refractivity contribution is 0.529. The van der Waals surface area contributed by atoms with Crippen molar-refractivity contribution in [2.45, 2.75) is 25.3 Å². The van der Waals surface area contributed by atoms with Crippen LogP contribution >= 0.6 is 0 Å². The fourth-order valence-corrected chi connectivity index (χ4v) is 3.38. The van der Waals surface area contributed by atoms with Crippen LogP contribution in [0.5, 0.6) is 0 Å². The molecule has 2 rings (SSSR count). The van der Waals surface area contributed by atoms with Gasteiger partial charge in [0.2, 0.25) is 0 Å². The summed E-state index contributed by atoms with van der Waals surface area (Å²) >= 11 is 0. The summed E-state index contributed by atoms with van der Waals surface area (Å²) in [7, 11) is -2.88. The SMILES string of the molecule is CS(=O)(=O)CCCN1c2ccccc2CCC1CN. The number of nitrogens with two attached hydrogens (primary N) is 1. The quantitative estimate of drug-likeness (QED) is 0.881. The third-order valence-electron chi connectivity index (χ3n) is 3.67. The molecule has 1 aliphatic heterocycles. The lowest BCUT2D eigenvalue weighted by atomic mass is 9.95. The Balaban J connectivity index is 2.11. The molecule has 0 aromatic heterocycles. The molecule has 0 aliphatic carbocycles. The Kier molecular flexibility index (Phi) is 4.47. The molecule has 106 valence electrons. The minimum atomic E-state index is -2.88. The van der Waals surface area contributed by atoms with Gasteiger partial charge in [-0.1, -0.05) is 18.2 Å². The van der Waals surface area contributed by atoms with Crippen LogP contribution in [-0.4, -0.2) is 39.6 Å². The Morgan fingerprint density at radius 3 is 2.79 bits per heavy atom. The van der Waals surface area contributed by atoms with Crippen molar-refractivity contribution in [1.82, 2.24) is 0 Å².